The van der Waals surface area contributed by atoms with E-state index in [1.165, 1.54) is 11.3 Å². The molecule has 0 aliphatic heterocycles. The van der Waals surface area contributed by atoms with Gasteiger partial charge in [-0.2, -0.15) is 5.10 Å². The third-order valence-electron chi connectivity index (χ3n) is 2.68. The highest BCUT2D eigenvalue weighted by Gasteiger charge is 2.16. The van der Waals surface area contributed by atoms with Crippen molar-refractivity contribution in [3.63, 3.8) is 0 Å². The quantitative estimate of drug-likeness (QED) is 0.674. The molecule has 7 nitrogen and oxygen atoms in total. The summed E-state index contributed by atoms with van der Waals surface area (Å²) in [6.45, 7) is 5.35. The third-order valence-corrected chi connectivity index (χ3v) is 3.68. The van der Waals surface area contributed by atoms with Gasteiger partial charge in [-0.25, -0.2) is 4.98 Å². The molecule has 0 atom stereocenters. The second-order valence-corrected chi connectivity index (χ2v) is 5.91. The number of hydrogen-bond acceptors (Lipinski definition) is 6. The highest BCUT2D eigenvalue weighted by Crippen LogP contribution is 2.25. The predicted molar refractivity (Wildman–Crippen MR) is 84.5 cm³/mol. The first-order valence-electron chi connectivity index (χ1n) is 6.84. The topological polar surface area (TPSA) is 97.9 Å². The number of nitrogens with two attached hydrogens (primary N) is 1. The number of nitrogens with one attached hydrogen (secondary N) is 2. The summed E-state index contributed by atoms with van der Waals surface area (Å²) in [7, 11) is 0. The van der Waals surface area contributed by atoms with Crippen molar-refractivity contribution in [3.8, 4) is 0 Å². The van der Waals surface area contributed by atoms with Crippen LogP contribution in [0.25, 0.3) is 0 Å². The maximum absolute atomic E-state index is 12.1. The second-order valence-electron chi connectivity index (χ2n) is 4.91. The van der Waals surface area contributed by atoms with Crippen LogP contribution in [0.4, 0.5) is 10.9 Å². The van der Waals surface area contributed by atoms with Crippen LogP contribution in [-0.2, 0) is 6.54 Å². The molecule has 4 N–H and O–H groups in total. The Hall–Kier alpha value is -2.09. The van der Waals surface area contributed by atoms with Gasteiger partial charge in [0.15, 0.2) is 5.13 Å². The SMILES string of the molecule is CC(C)Nc1nc(N)c(C(=O)NCCCn2cccn2)s1. The summed E-state index contributed by atoms with van der Waals surface area (Å²) in [5.74, 6) is 0.0926. The van der Waals surface area contributed by atoms with Gasteiger partial charge in [-0.1, -0.05) is 11.3 Å². The molecule has 2 aromatic rings. The van der Waals surface area contributed by atoms with E-state index in [-0.39, 0.29) is 17.8 Å². The van der Waals surface area contributed by atoms with Gasteiger partial charge in [0.2, 0.25) is 0 Å². The van der Waals surface area contributed by atoms with Crippen molar-refractivity contribution >= 4 is 28.2 Å². The van der Waals surface area contributed by atoms with Gasteiger partial charge in [0.25, 0.3) is 5.91 Å². The molecule has 0 saturated carbocycles. The molecule has 2 rings (SSSR count). The molecule has 1 amide bonds. The predicted octanol–water partition coefficient (Wildman–Crippen LogP) is 1.56. The van der Waals surface area contributed by atoms with Crippen LogP contribution in [0.1, 0.15) is 29.9 Å². The first-order chi connectivity index (χ1) is 10.1. The Morgan fingerprint density at radius 1 is 1.52 bits per heavy atom. The van der Waals surface area contributed by atoms with E-state index in [4.69, 9.17) is 5.73 Å². The van der Waals surface area contributed by atoms with E-state index in [0.717, 1.165) is 13.0 Å². The molecule has 2 aromatic heterocycles. The molecule has 0 unspecified atom stereocenters. The van der Waals surface area contributed by atoms with Crippen molar-refractivity contribution in [3.05, 3.63) is 23.3 Å². The number of thiazole rings is 1. The number of hydrogen-bond donors (Lipinski definition) is 3. The summed E-state index contributed by atoms with van der Waals surface area (Å²) >= 11 is 1.27. The summed E-state index contributed by atoms with van der Waals surface area (Å²) in [6.07, 6.45) is 4.44. The fourth-order valence-corrected chi connectivity index (χ4v) is 2.71. The van der Waals surface area contributed by atoms with Crippen LogP contribution in [-0.4, -0.2) is 33.3 Å². The third kappa shape index (κ3) is 4.45. The zero-order valence-corrected chi connectivity index (χ0v) is 13.0. The minimum Gasteiger partial charge on any atom is -0.382 e. The number of carbonyl (C=O) groups excluding carboxylic acids is 1. The normalized spacial score (nSPS) is 10.8. The molecule has 0 fully saturated rings. The van der Waals surface area contributed by atoms with Gasteiger partial charge >= 0.3 is 0 Å². The number of anilines is 2. The maximum atomic E-state index is 12.1. The standard InChI is InChI=1S/C13H20N6OS/c1-9(2)17-13-18-11(14)10(21-13)12(20)15-5-3-7-19-8-4-6-16-19/h4,6,8-9H,3,5,7,14H2,1-2H3,(H,15,20)(H,17,18). The highest BCUT2D eigenvalue weighted by molar-refractivity contribution is 7.18. The molecule has 0 aromatic carbocycles. The number of aryl methyl sites for hydroxylation is 1. The highest BCUT2D eigenvalue weighted by atomic mass is 32.1. The molecule has 114 valence electrons. The first-order valence-corrected chi connectivity index (χ1v) is 7.66. The minimum atomic E-state index is -0.178. The summed E-state index contributed by atoms with van der Waals surface area (Å²) in [4.78, 5) is 16.7. The van der Waals surface area contributed by atoms with Gasteiger partial charge < -0.3 is 16.4 Å². The zero-order valence-electron chi connectivity index (χ0n) is 12.2. The molecular formula is C13H20N6OS. The van der Waals surface area contributed by atoms with Crippen LogP contribution in [0.3, 0.4) is 0 Å². The second kappa shape index (κ2) is 7.07. The van der Waals surface area contributed by atoms with Gasteiger partial charge in [-0.15, -0.1) is 0 Å². The van der Waals surface area contributed by atoms with Crippen molar-refractivity contribution in [1.29, 1.82) is 0 Å². The van der Waals surface area contributed by atoms with E-state index in [0.29, 0.717) is 16.6 Å². The summed E-state index contributed by atoms with van der Waals surface area (Å²) in [5, 5.41) is 10.8. The van der Waals surface area contributed by atoms with Crippen molar-refractivity contribution < 1.29 is 4.79 Å². The van der Waals surface area contributed by atoms with E-state index in [1.54, 1.807) is 6.20 Å². The van der Waals surface area contributed by atoms with Gasteiger partial charge in [-0.05, 0) is 26.3 Å². The van der Waals surface area contributed by atoms with Crippen LogP contribution >= 0.6 is 11.3 Å². The van der Waals surface area contributed by atoms with Gasteiger partial charge in [0, 0.05) is 31.5 Å². The summed E-state index contributed by atoms with van der Waals surface area (Å²) in [5.41, 5.74) is 5.78. The maximum Gasteiger partial charge on any atom is 0.265 e. The molecule has 0 saturated heterocycles. The minimum absolute atomic E-state index is 0.178. The van der Waals surface area contributed by atoms with E-state index in [1.807, 2.05) is 30.8 Å². The summed E-state index contributed by atoms with van der Waals surface area (Å²) < 4.78 is 1.83. The Morgan fingerprint density at radius 2 is 2.33 bits per heavy atom. The molecular weight excluding hydrogens is 288 g/mol. The zero-order chi connectivity index (χ0) is 15.2. The largest absolute Gasteiger partial charge is 0.382 e. The number of nitrogens with zero attached hydrogens (tertiary/aromatic N) is 3. The van der Waals surface area contributed by atoms with Crippen LogP contribution in [0, 0.1) is 0 Å². The van der Waals surface area contributed by atoms with Gasteiger partial charge in [0.1, 0.15) is 10.7 Å². The smallest absolute Gasteiger partial charge is 0.265 e. The average Bonchev–Trinajstić information content (AvgIpc) is 3.03. The van der Waals surface area contributed by atoms with Crippen LogP contribution < -0.4 is 16.4 Å². The summed E-state index contributed by atoms with van der Waals surface area (Å²) in [6, 6.07) is 2.13. The molecule has 8 heteroatoms. The Labute approximate surface area is 127 Å². The van der Waals surface area contributed by atoms with Crippen molar-refractivity contribution in [1.82, 2.24) is 20.1 Å². The fourth-order valence-electron chi connectivity index (χ4n) is 1.76. The van der Waals surface area contributed by atoms with E-state index in [9.17, 15) is 4.79 Å². The first kappa shape index (κ1) is 15.3. The number of rotatable bonds is 7. The van der Waals surface area contributed by atoms with Gasteiger partial charge in [-0.3, -0.25) is 9.48 Å². The van der Waals surface area contributed by atoms with Crippen molar-refractivity contribution in [2.45, 2.75) is 32.9 Å². The molecule has 2 heterocycles. The molecule has 21 heavy (non-hydrogen) atoms. The lowest BCUT2D eigenvalue weighted by molar-refractivity contribution is 0.0957. The molecule has 0 aliphatic rings. The number of aromatic nitrogens is 3. The van der Waals surface area contributed by atoms with E-state index < -0.39 is 0 Å². The van der Waals surface area contributed by atoms with E-state index in [2.05, 4.69) is 20.7 Å². The van der Waals surface area contributed by atoms with Crippen molar-refractivity contribution in [2.24, 2.45) is 0 Å². The Bertz CT molecular complexity index is 578. The molecule has 0 bridgehead atoms. The van der Waals surface area contributed by atoms with Crippen LogP contribution in [0.5, 0.6) is 0 Å². The Balaban J connectivity index is 1.81. The average molecular weight is 308 g/mol. The Morgan fingerprint density at radius 3 is 3.00 bits per heavy atom. The van der Waals surface area contributed by atoms with Gasteiger partial charge in [0.05, 0.1) is 0 Å². The van der Waals surface area contributed by atoms with Crippen molar-refractivity contribution in [2.75, 3.05) is 17.6 Å². The molecule has 0 radical (unpaired) electrons. The molecule has 0 spiro atoms. The monoisotopic (exact) mass is 308 g/mol. The van der Waals surface area contributed by atoms with Crippen LogP contribution in [0.2, 0.25) is 0 Å². The molecule has 0 aliphatic carbocycles. The van der Waals surface area contributed by atoms with E-state index >= 15 is 0 Å². The number of amides is 1. The number of nitrogen functional groups attached to an aromatic ring is 1. The number of carbonyl (C=O) groups is 1. The lowest BCUT2D eigenvalue weighted by Gasteiger charge is -2.05. The lowest BCUT2D eigenvalue weighted by Crippen LogP contribution is -2.25. The fraction of sp³-hybridized carbons (Fsp3) is 0.462. The Kier molecular flexibility index (Phi) is 5.15. The van der Waals surface area contributed by atoms with Crippen LogP contribution in [0.15, 0.2) is 18.5 Å². The lowest BCUT2D eigenvalue weighted by atomic mass is 10.4.